The Morgan fingerprint density at radius 3 is 2.57 bits per heavy atom. The molecule has 1 aromatic heterocycles. The van der Waals surface area contributed by atoms with Crippen LogP contribution >= 0.6 is 23.2 Å². The molecular formula is C15H8Cl2FN3O2. The summed E-state index contributed by atoms with van der Waals surface area (Å²) >= 11 is 11.8. The zero-order chi connectivity index (χ0) is 16.4. The molecule has 0 aliphatic heterocycles. The summed E-state index contributed by atoms with van der Waals surface area (Å²) in [6.45, 7) is 0. The number of carbonyl (C=O) groups excluding carboxylic acids is 1. The number of nitrogens with one attached hydrogen (secondary N) is 1. The first-order valence-electron chi connectivity index (χ1n) is 6.39. The van der Waals surface area contributed by atoms with Gasteiger partial charge in [-0.05, 0) is 42.5 Å². The molecule has 1 amide bonds. The van der Waals surface area contributed by atoms with E-state index < -0.39 is 5.91 Å². The highest BCUT2D eigenvalue weighted by Crippen LogP contribution is 2.23. The van der Waals surface area contributed by atoms with Crippen LogP contribution in [0.5, 0.6) is 0 Å². The van der Waals surface area contributed by atoms with Crippen molar-refractivity contribution in [2.24, 2.45) is 0 Å². The Morgan fingerprint density at radius 1 is 1.09 bits per heavy atom. The molecule has 0 unspecified atom stereocenters. The zero-order valence-corrected chi connectivity index (χ0v) is 12.9. The van der Waals surface area contributed by atoms with Gasteiger partial charge in [-0.1, -0.05) is 28.3 Å². The highest BCUT2D eigenvalue weighted by molar-refractivity contribution is 6.36. The third kappa shape index (κ3) is 3.49. The number of halogens is 3. The summed E-state index contributed by atoms with van der Waals surface area (Å²) in [5, 5.41) is 10.5. The predicted molar refractivity (Wildman–Crippen MR) is 84.1 cm³/mol. The monoisotopic (exact) mass is 351 g/mol. The molecule has 0 radical (unpaired) electrons. The number of benzene rings is 2. The van der Waals surface area contributed by atoms with Gasteiger partial charge in [0.2, 0.25) is 5.89 Å². The van der Waals surface area contributed by atoms with E-state index >= 15 is 0 Å². The van der Waals surface area contributed by atoms with Crippen molar-refractivity contribution < 1.29 is 13.6 Å². The van der Waals surface area contributed by atoms with Crippen molar-refractivity contribution in [1.82, 2.24) is 10.2 Å². The number of hydrogen-bond acceptors (Lipinski definition) is 4. The van der Waals surface area contributed by atoms with Crippen molar-refractivity contribution >= 4 is 35.1 Å². The van der Waals surface area contributed by atoms with Crippen LogP contribution < -0.4 is 5.32 Å². The summed E-state index contributed by atoms with van der Waals surface area (Å²) in [6, 6.07) is 9.91. The van der Waals surface area contributed by atoms with Crippen LogP contribution in [-0.4, -0.2) is 16.1 Å². The van der Waals surface area contributed by atoms with E-state index in [0.717, 1.165) is 0 Å². The maximum absolute atomic E-state index is 12.9. The van der Waals surface area contributed by atoms with Gasteiger partial charge in [-0.2, -0.15) is 0 Å². The lowest BCUT2D eigenvalue weighted by Gasteiger charge is -2.03. The van der Waals surface area contributed by atoms with E-state index in [-0.39, 0.29) is 28.3 Å². The quantitative estimate of drug-likeness (QED) is 0.757. The van der Waals surface area contributed by atoms with Crippen molar-refractivity contribution in [3.63, 3.8) is 0 Å². The van der Waals surface area contributed by atoms with Gasteiger partial charge in [0, 0.05) is 10.6 Å². The molecule has 3 aromatic rings. The molecule has 5 nitrogen and oxygen atoms in total. The number of hydrogen-bond donors (Lipinski definition) is 1. The maximum Gasteiger partial charge on any atom is 0.322 e. The molecule has 0 bridgehead atoms. The van der Waals surface area contributed by atoms with Crippen LogP contribution in [0.4, 0.5) is 10.4 Å². The lowest BCUT2D eigenvalue weighted by atomic mass is 10.2. The van der Waals surface area contributed by atoms with Crippen LogP contribution in [0, 0.1) is 5.82 Å². The predicted octanol–water partition coefficient (Wildman–Crippen LogP) is 4.43. The van der Waals surface area contributed by atoms with Crippen molar-refractivity contribution in [3.05, 3.63) is 63.9 Å². The minimum absolute atomic E-state index is 0.106. The Morgan fingerprint density at radius 2 is 1.83 bits per heavy atom. The van der Waals surface area contributed by atoms with Crippen LogP contribution in [-0.2, 0) is 0 Å². The van der Waals surface area contributed by atoms with Gasteiger partial charge in [0.25, 0.3) is 5.91 Å². The third-order valence-electron chi connectivity index (χ3n) is 2.91. The summed E-state index contributed by atoms with van der Waals surface area (Å²) in [7, 11) is 0. The smallest absolute Gasteiger partial charge is 0.322 e. The van der Waals surface area contributed by atoms with Gasteiger partial charge in [0.15, 0.2) is 0 Å². The van der Waals surface area contributed by atoms with Crippen LogP contribution in [0.3, 0.4) is 0 Å². The molecule has 0 saturated carbocycles. The molecule has 0 aliphatic carbocycles. The summed E-state index contributed by atoms with van der Waals surface area (Å²) in [5.41, 5.74) is 0.709. The van der Waals surface area contributed by atoms with E-state index in [1.165, 1.54) is 36.4 Å². The Balaban J connectivity index is 1.80. The van der Waals surface area contributed by atoms with Gasteiger partial charge < -0.3 is 4.42 Å². The fourth-order valence-electron chi connectivity index (χ4n) is 1.82. The molecule has 1 N–H and O–H groups in total. The first-order chi connectivity index (χ1) is 11.0. The second kappa shape index (κ2) is 6.36. The average Bonchev–Trinajstić information content (AvgIpc) is 2.99. The first-order valence-corrected chi connectivity index (χ1v) is 7.14. The van der Waals surface area contributed by atoms with Crippen LogP contribution in [0.25, 0.3) is 11.5 Å². The standard InChI is InChI=1S/C15H8Cl2FN3O2/c16-9-3-6-12(17)11(7-9)13(22)19-15-21-20-14(23-15)8-1-4-10(18)5-2-8/h1-7H,(H,19,21,22). The van der Waals surface area contributed by atoms with E-state index in [2.05, 4.69) is 15.5 Å². The number of anilines is 1. The van der Waals surface area contributed by atoms with Crippen molar-refractivity contribution in [2.75, 3.05) is 5.32 Å². The highest BCUT2D eigenvalue weighted by Gasteiger charge is 2.15. The molecule has 0 spiro atoms. The SMILES string of the molecule is O=C(Nc1nnc(-c2ccc(F)cc2)o1)c1cc(Cl)ccc1Cl. The number of aromatic nitrogens is 2. The molecular weight excluding hydrogens is 344 g/mol. The topological polar surface area (TPSA) is 68.0 Å². The van der Waals surface area contributed by atoms with Gasteiger partial charge >= 0.3 is 6.01 Å². The Kier molecular flexibility index (Phi) is 4.27. The van der Waals surface area contributed by atoms with E-state index in [0.29, 0.717) is 10.6 Å². The number of amides is 1. The minimum atomic E-state index is -0.535. The second-order valence-electron chi connectivity index (χ2n) is 4.50. The Labute approximate surface area is 140 Å². The molecule has 23 heavy (non-hydrogen) atoms. The van der Waals surface area contributed by atoms with Gasteiger partial charge in [-0.3, -0.25) is 10.1 Å². The molecule has 116 valence electrons. The maximum atomic E-state index is 12.9. The number of nitrogens with zero attached hydrogens (tertiary/aromatic N) is 2. The van der Waals surface area contributed by atoms with Crippen molar-refractivity contribution in [1.29, 1.82) is 0 Å². The number of rotatable bonds is 3. The van der Waals surface area contributed by atoms with Crippen molar-refractivity contribution in [2.45, 2.75) is 0 Å². The second-order valence-corrected chi connectivity index (χ2v) is 5.34. The normalized spacial score (nSPS) is 10.6. The summed E-state index contributed by atoms with van der Waals surface area (Å²) in [4.78, 5) is 12.1. The third-order valence-corrected chi connectivity index (χ3v) is 3.47. The molecule has 0 saturated heterocycles. The Bertz CT molecular complexity index is 865. The van der Waals surface area contributed by atoms with E-state index in [9.17, 15) is 9.18 Å². The van der Waals surface area contributed by atoms with E-state index in [4.69, 9.17) is 27.6 Å². The average molecular weight is 352 g/mol. The van der Waals surface area contributed by atoms with Crippen LogP contribution in [0.1, 0.15) is 10.4 Å². The van der Waals surface area contributed by atoms with Gasteiger partial charge in [0.05, 0.1) is 10.6 Å². The van der Waals surface area contributed by atoms with Gasteiger partial charge in [0.1, 0.15) is 5.82 Å². The van der Waals surface area contributed by atoms with Crippen LogP contribution in [0.15, 0.2) is 46.9 Å². The number of carbonyl (C=O) groups is 1. The first kappa shape index (κ1) is 15.5. The van der Waals surface area contributed by atoms with Crippen LogP contribution in [0.2, 0.25) is 10.0 Å². The lowest BCUT2D eigenvalue weighted by molar-refractivity contribution is 0.102. The minimum Gasteiger partial charge on any atom is -0.403 e. The molecule has 3 rings (SSSR count). The lowest BCUT2D eigenvalue weighted by Crippen LogP contribution is -2.12. The summed E-state index contributed by atoms with van der Waals surface area (Å²) < 4.78 is 18.2. The fourth-order valence-corrected chi connectivity index (χ4v) is 2.19. The van der Waals surface area contributed by atoms with Gasteiger partial charge in [-0.15, -0.1) is 5.10 Å². The molecule has 2 aromatic carbocycles. The zero-order valence-electron chi connectivity index (χ0n) is 11.4. The molecule has 1 heterocycles. The molecule has 8 heteroatoms. The van der Waals surface area contributed by atoms with E-state index in [1.807, 2.05) is 0 Å². The van der Waals surface area contributed by atoms with E-state index in [1.54, 1.807) is 6.07 Å². The van der Waals surface area contributed by atoms with Crippen molar-refractivity contribution in [3.8, 4) is 11.5 Å². The molecule has 0 fully saturated rings. The Hall–Kier alpha value is -2.44. The largest absolute Gasteiger partial charge is 0.403 e. The highest BCUT2D eigenvalue weighted by atomic mass is 35.5. The molecule has 0 atom stereocenters. The fraction of sp³-hybridized carbons (Fsp3) is 0. The van der Waals surface area contributed by atoms with Gasteiger partial charge in [-0.25, -0.2) is 4.39 Å². The summed E-state index contributed by atoms with van der Waals surface area (Å²) in [6.07, 6.45) is 0. The molecule has 0 aliphatic rings. The summed E-state index contributed by atoms with van der Waals surface area (Å²) in [5.74, 6) is -0.762.